The molecule has 0 bridgehead atoms. The smallest absolute Gasteiger partial charge is 0.327 e. The Kier molecular flexibility index (Phi) is 4.89. The first kappa shape index (κ1) is 15.0. The highest BCUT2D eigenvalue weighted by Gasteiger charge is 2.15. The predicted octanol–water partition coefficient (Wildman–Crippen LogP) is -0.813. The first-order valence-corrected chi connectivity index (χ1v) is 6.68. The van der Waals surface area contributed by atoms with Gasteiger partial charge in [0.1, 0.15) is 5.82 Å². The predicted molar refractivity (Wildman–Crippen MR) is 75.6 cm³/mol. The quantitative estimate of drug-likeness (QED) is 0.435. The molecule has 1 aromatic carbocycles. The maximum absolute atomic E-state index is 12.7. The summed E-state index contributed by atoms with van der Waals surface area (Å²) in [5.41, 5.74) is 6.34. The van der Waals surface area contributed by atoms with E-state index in [1.54, 1.807) is 0 Å². The van der Waals surface area contributed by atoms with Crippen LogP contribution in [0.5, 0.6) is 0 Å². The molecule has 1 atom stereocenters. The molecule has 112 valence electrons. The minimum atomic E-state index is -0.812. The van der Waals surface area contributed by atoms with Crippen molar-refractivity contribution in [2.45, 2.75) is 6.42 Å². The van der Waals surface area contributed by atoms with Gasteiger partial charge in [0.2, 0.25) is 0 Å². The second-order valence-corrected chi connectivity index (χ2v) is 4.93. The molecule has 0 aromatic heterocycles. The number of carbonyl (C=O) groups is 2. The summed E-state index contributed by atoms with van der Waals surface area (Å²) in [5, 5.41) is 2.38. The summed E-state index contributed by atoms with van der Waals surface area (Å²) in [4.78, 5) is 24.7. The van der Waals surface area contributed by atoms with Crippen LogP contribution in [0.1, 0.15) is 6.42 Å². The van der Waals surface area contributed by atoms with Gasteiger partial charge in [0.15, 0.2) is 0 Å². The van der Waals surface area contributed by atoms with E-state index in [0.29, 0.717) is 5.69 Å². The molecular weight excluding hydrogens is 275 g/mol. The monoisotopic (exact) mass is 293 g/mol. The maximum Gasteiger partial charge on any atom is 0.327 e. The molecule has 4 N–H and O–H groups in total. The van der Waals surface area contributed by atoms with Crippen LogP contribution in [0.3, 0.4) is 0 Å². The lowest BCUT2D eigenvalue weighted by atomic mass is 10.2. The minimum absolute atomic E-state index is 0.360. The Balaban J connectivity index is 1.80. The van der Waals surface area contributed by atoms with Crippen LogP contribution >= 0.6 is 0 Å². The second-order valence-electron chi connectivity index (χ2n) is 4.93. The molecular formula is C14H18FN4O2+. The summed E-state index contributed by atoms with van der Waals surface area (Å²) >= 11 is 0. The molecule has 6 nitrogen and oxygen atoms in total. The van der Waals surface area contributed by atoms with Gasteiger partial charge in [-0.2, -0.15) is 0 Å². The zero-order valence-corrected chi connectivity index (χ0v) is 11.7. The van der Waals surface area contributed by atoms with E-state index in [-0.39, 0.29) is 0 Å². The van der Waals surface area contributed by atoms with Gasteiger partial charge in [-0.25, -0.2) is 4.39 Å². The van der Waals surface area contributed by atoms with Gasteiger partial charge < -0.3 is 15.6 Å². The molecule has 1 aliphatic rings. The number of hydrogen-bond donors (Lipinski definition) is 4. The number of quaternary nitrogens is 1. The molecule has 1 unspecified atom stereocenters. The number of rotatable bonds is 3. The van der Waals surface area contributed by atoms with Crippen LogP contribution in [0.4, 0.5) is 10.1 Å². The van der Waals surface area contributed by atoms with E-state index < -0.39 is 17.6 Å². The van der Waals surface area contributed by atoms with Crippen molar-refractivity contribution in [3.63, 3.8) is 0 Å². The van der Waals surface area contributed by atoms with Gasteiger partial charge in [0.25, 0.3) is 0 Å². The molecule has 1 heterocycles. The highest BCUT2D eigenvalue weighted by Crippen LogP contribution is 2.07. The van der Waals surface area contributed by atoms with Gasteiger partial charge in [-0.05, 0) is 30.3 Å². The summed E-state index contributed by atoms with van der Waals surface area (Å²) < 4.78 is 12.7. The van der Waals surface area contributed by atoms with Gasteiger partial charge in [-0.15, -0.1) is 0 Å². The zero-order chi connectivity index (χ0) is 15.2. The lowest BCUT2D eigenvalue weighted by Gasteiger charge is -2.20. The zero-order valence-electron chi connectivity index (χ0n) is 11.7. The Morgan fingerprint density at radius 1 is 1.19 bits per heavy atom. The van der Waals surface area contributed by atoms with Gasteiger partial charge in [-0.3, -0.25) is 15.0 Å². The number of hydrogen-bond acceptors (Lipinski definition) is 3. The van der Waals surface area contributed by atoms with E-state index in [4.69, 9.17) is 0 Å². The van der Waals surface area contributed by atoms with Crippen LogP contribution in [-0.2, 0) is 9.59 Å². The third-order valence-electron chi connectivity index (χ3n) is 3.16. The summed E-state index contributed by atoms with van der Waals surface area (Å²) in [6.07, 6.45) is 2.79. The van der Waals surface area contributed by atoms with Crippen LogP contribution in [0.25, 0.3) is 0 Å². The fraction of sp³-hybridized carbons (Fsp3) is 0.286. The molecule has 2 rings (SSSR count). The lowest BCUT2D eigenvalue weighted by molar-refractivity contribution is -0.875. The number of anilines is 1. The average molecular weight is 293 g/mol. The molecule has 0 saturated heterocycles. The van der Waals surface area contributed by atoms with Crippen LogP contribution in [-0.4, -0.2) is 32.0 Å². The van der Waals surface area contributed by atoms with E-state index in [1.165, 1.54) is 29.2 Å². The van der Waals surface area contributed by atoms with E-state index >= 15 is 0 Å². The van der Waals surface area contributed by atoms with Crippen molar-refractivity contribution in [2.24, 2.45) is 0 Å². The van der Waals surface area contributed by atoms with Crippen molar-refractivity contribution in [3.05, 3.63) is 41.9 Å². The number of benzene rings is 1. The number of nitrogens with one attached hydrogen (secondary N) is 4. The Morgan fingerprint density at radius 3 is 2.52 bits per heavy atom. The van der Waals surface area contributed by atoms with E-state index in [0.717, 1.165) is 25.2 Å². The van der Waals surface area contributed by atoms with Gasteiger partial charge in [-0.1, -0.05) is 0 Å². The Morgan fingerprint density at radius 2 is 1.90 bits per heavy atom. The van der Waals surface area contributed by atoms with Crippen LogP contribution in [0, 0.1) is 5.82 Å². The van der Waals surface area contributed by atoms with Crippen LogP contribution in [0.2, 0.25) is 0 Å². The summed E-state index contributed by atoms with van der Waals surface area (Å²) in [5.74, 6) is -2.02. The average Bonchev–Trinajstić information content (AvgIpc) is 2.48. The Labute approximate surface area is 122 Å². The highest BCUT2D eigenvalue weighted by molar-refractivity contribution is 6.39. The van der Waals surface area contributed by atoms with Crippen LogP contribution < -0.4 is 21.1 Å². The molecule has 21 heavy (non-hydrogen) atoms. The van der Waals surface area contributed by atoms with Crippen molar-refractivity contribution >= 4 is 17.5 Å². The van der Waals surface area contributed by atoms with Gasteiger partial charge in [0.05, 0.1) is 20.1 Å². The summed E-state index contributed by atoms with van der Waals surface area (Å²) in [7, 11) is 2.09. The van der Waals surface area contributed by atoms with E-state index in [2.05, 4.69) is 23.2 Å². The van der Waals surface area contributed by atoms with Crippen molar-refractivity contribution in [2.75, 3.05) is 25.5 Å². The van der Waals surface area contributed by atoms with Gasteiger partial charge >= 0.3 is 11.8 Å². The Bertz CT molecular complexity index is 557. The first-order chi connectivity index (χ1) is 10.0. The molecule has 0 radical (unpaired) electrons. The third kappa shape index (κ3) is 4.57. The van der Waals surface area contributed by atoms with E-state index in [1.807, 2.05) is 6.08 Å². The van der Waals surface area contributed by atoms with Crippen molar-refractivity contribution < 1.29 is 18.9 Å². The molecule has 0 aliphatic carbocycles. The normalized spacial score (nSPS) is 17.6. The van der Waals surface area contributed by atoms with Crippen LogP contribution in [0.15, 0.2) is 36.0 Å². The number of amides is 2. The fourth-order valence-electron chi connectivity index (χ4n) is 1.88. The van der Waals surface area contributed by atoms with Crippen molar-refractivity contribution in [1.82, 2.24) is 10.9 Å². The minimum Gasteiger partial charge on any atom is -0.334 e. The standard InChI is InChI=1S/C14H17FN4O2/c1-19-8-6-12(7-9-19)17-18-14(21)13(20)16-11-4-2-10(15)3-5-11/h2-6,17H,7-9H2,1H3,(H,16,20)(H,18,21)/p+1. The Hall–Kier alpha value is -2.41. The molecule has 7 heteroatoms. The molecule has 1 aromatic rings. The molecule has 0 fully saturated rings. The number of carbonyl (C=O) groups excluding carboxylic acids is 2. The van der Waals surface area contributed by atoms with Gasteiger partial charge in [0, 0.05) is 17.8 Å². The number of hydrazine groups is 1. The number of halogens is 1. The van der Waals surface area contributed by atoms with Crippen molar-refractivity contribution in [1.29, 1.82) is 0 Å². The SMILES string of the molecule is C[NH+]1CC=C(NNC(=O)C(=O)Nc2ccc(F)cc2)CC1. The second kappa shape index (κ2) is 6.85. The largest absolute Gasteiger partial charge is 0.334 e. The fourth-order valence-corrected chi connectivity index (χ4v) is 1.88. The summed E-state index contributed by atoms with van der Waals surface area (Å²) in [6.45, 7) is 1.84. The number of likely N-dealkylation sites (N-methyl/N-ethyl adjacent to an activating group) is 1. The topological polar surface area (TPSA) is 74.7 Å². The van der Waals surface area contributed by atoms with Crippen molar-refractivity contribution in [3.8, 4) is 0 Å². The summed E-state index contributed by atoms with van der Waals surface area (Å²) in [6, 6.07) is 5.18. The molecule has 0 saturated carbocycles. The molecule has 1 aliphatic heterocycles. The third-order valence-corrected chi connectivity index (χ3v) is 3.16. The first-order valence-electron chi connectivity index (χ1n) is 6.68. The molecule has 2 amide bonds. The highest BCUT2D eigenvalue weighted by atomic mass is 19.1. The molecule has 0 spiro atoms. The van der Waals surface area contributed by atoms with E-state index in [9.17, 15) is 14.0 Å². The lowest BCUT2D eigenvalue weighted by Crippen LogP contribution is -3.09. The maximum atomic E-state index is 12.7.